The summed E-state index contributed by atoms with van der Waals surface area (Å²) < 4.78 is 30.6. The van der Waals surface area contributed by atoms with E-state index in [0.717, 1.165) is 30.6 Å². The molecule has 1 aliphatic heterocycles. The molecule has 1 unspecified atom stereocenters. The fourth-order valence-corrected chi connectivity index (χ4v) is 3.58. The van der Waals surface area contributed by atoms with Gasteiger partial charge in [-0.2, -0.15) is 0 Å². The molecule has 1 heterocycles. The van der Waals surface area contributed by atoms with Crippen molar-refractivity contribution in [1.82, 2.24) is 4.31 Å². The summed E-state index contributed by atoms with van der Waals surface area (Å²) in [6.07, 6.45) is 4.01. The lowest BCUT2D eigenvalue weighted by Gasteiger charge is -2.30. The van der Waals surface area contributed by atoms with Crippen molar-refractivity contribution < 1.29 is 13.2 Å². The molecule has 1 fully saturated rings. The van der Waals surface area contributed by atoms with Crippen molar-refractivity contribution in [3.63, 3.8) is 0 Å². The quantitative estimate of drug-likeness (QED) is 0.858. The van der Waals surface area contributed by atoms with Gasteiger partial charge in [0.05, 0.1) is 12.9 Å². The standard InChI is InChI=1S/C15H24N2O3S/c1-21(18,19)17-9-3-5-14(11-17)12-20-15-6-2-4-13(10-15)7-8-16/h2,4,6,10,14H,3,5,7-9,11-12,16H2,1H3. The van der Waals surface area contributed by atoms with Gasteiger partial charge in [0, 0.05) is 19.0 Å². The van der Waals surface area contributed by atoms with E-state index in [9.17, 15) is 8.42 Å². The Morgan fingerprint density at radius 2 is 2.24 bits per heavy atom. The first-order chi connectivity index (χ1) is 9.99. The SMILES string of the molecule is CS(=O)(=O)N1CCCC(COc2cccc(CCN)c2)C1. The molecule has 0 aromatic heterocycles. The zero-order valence-electron chi connectivity index (χ0n) is 12.5. The molecule has 2 N–H and O–H groups in total. The fourth-order valence-electron chi connectivity index (χ4n) is 2.64. The molecule has 0 bridgehead atoms. The maximum Gasteiger partial charge on any atom is 0.211 e. The van der Waals surface area contributed by atoms with Crippen LogP contribution in [0.15, 0.2) is 24.3 Å². The van der Waals surface area contributed by atoms with Crippen molar-refractivity contribution in [3.05, 3.63) is 29.8 Å². The van der Waals surface area contributed by atoms with E-state index >= 15 is 0 Å². The fraction of sp³-hybridized carbons (Fsp3) is 0.600. The van der Waals surface area contributed by atoms with Crippen LogP contribution in [-0.4, -0.2) is 45.2 Å². The third kappa shape index (κ3) is 4.98. The average molecular weight is 312 g/mol. The van der Waals surface area contributed by atoms with Crippen molar-refractivity contribution in [2.24, 2.45) is 11.7 Å². The van der Waals surface area contributed by atoms with E-state index in [4.69, 9.17) is 10.5 Å². The molecule has 5 nitrogen and oxygen atoms in total. The molecule has 1 saturated heterocycles. The second kappa shape index (κ2) is 7.24. The van der Waals surface area contributed by atoms with Crippen LogP contribution in [0.3, 0.4) is 0 Å². The molecule has 1 atom stereocenters. The topological polar surface area (TPSA) is 72.6 Å². The van der Waals surface area contributed by atoms with E-state index in [-0.39, 0.29) is 5.92 Å². The van der Waals surface area contributed by atoms with Gasteiger partial charge >= 0.3 is 0 Å². The van der Waals surface area contributed by atoms with Crippen molar-refractivity contribution in [2.75, 3.05) is 32.5 Å². The van der Waals surface area contributed by atoms with Gasteiger partial charge in [-0.15, -0.1) is 0 Å². The first-order valence-corrected chi connectivity index (χ1v) is 9.21. The number of nitrogens with zero attached hydrogens (tertiary/aromatic N) is 1. The van der Waals surface area contributed by atoms with Crippen LogP contribution in [0.2, 0.25) is 0 Å². The maximum absolute atomic E-state index is 11.6. The van der Waals surface area contributed by atoms with Gasteiger partial charge in [-0.25, -0.2) is 12.7 Å². The lowest BCUT2D eigenvalue weighted by atomic mass is 10.0. The number of rotatable bonds is 6. The van der Waals surface area contributed by atoms with Crippen LogP contribution in [-0.2, 0) is 16.4 Å². The molecule has 0 radical (unpaired) electrons. The first-order valence-electron chi connectivity index (χ1n) is 7.36. The summed E-state index contributed by atoms with van der Waals surface area (Å²) in [4.78, 5) is 0. The van der Waals surface area contributed by atoms with Crippen molar-refractivity contribution in [3.8, 4) is 5.75 Å². The minimum atomic E-state index is -3.09. The Hall–Kier alpha value is -1.11. The predicted molar refractivity (Wildman–Crippen MR) is 83.8 cm³/mol. The normalized spacial score (nSPS) is 20.4. The van der Waals surface area contributed by atoms with E-state index in [0.29, 0.717) is 26.2 Å². The third-order valence-electron chi connectivity index (χ3n) is 3.77. The zero-order chi connectivity index (χ0) is 15.3. The number of sulfonamides is 1. The minimum Gasteiger partial charge on any atom is -0.493 e. The van der Waals surface area contributed by atoms with Crippen molar-refractivity contribution >= 4 is 10.0 Å². The second-order valence-electron chi connectivity index (χ2n) is 5.63. The lowest BCUT2D eigenvalue weighted by molar-refractivity contribution is 0.180. The second-order valence-corrected chi connectivity index (χ2v) is 7.61. The Balaban J connectivity index is 1.89. The summed E-state index contributed by atoms with van der Waals surface area (Å²) in [6.45, 7) is 2.36. The molecule has 1 aromatic rings. The van der Waals surface area contributed by atoms with Gasteiger partial charge in [0.2, 0.25) is 10.0 Å². The highest BCUT2D eigenvalue weighted by Crippen LogP contribution is 2.21. The predicted octanol–water partition coefficient (Wildman–Crippen LogP) is 1.24. The molecule has 21 heavy (non-hydrogen) atoms. The van der Waals surface area contributed by atoms with E-state index in [1.54, 1.807) is 4.31 Å². The Bertz CT molecular complexity index is 560. The Morgan fingerprint density at radius 3 is 2.95 bits per heavy atom. The van der Waals surface area contributed by atoms with Gasteiger partial charge in [-0.3, -0.25) is 0 Å². The molecule has 1 aromatic carbocycles. The highest BCUT2D eigenvalue weighted by molar-refractivity contribution is 7.88. The van der Waals surface area contributed by atoms with Gasteiger partial charge < -0.3 is 10.5 Å². The Kier molecular flexibility index (Phi) is 5.61. The highest BCUT2D eigenvalue weighted by Gasteiger charge is 2.26. The molecule has 0 spiro atoms. The molecular formula is C15H24N2O3S. The van der Waals surface area contributed by atoms with Gasteiger partial charge in [0.25, 0.3) is 0 Å². The smallest absolute Gasteiger partial charge is 0.211 e. The minimum absolute atomic E-state index is 0.256. The van der Waals surface area contributed by atoms with Gasteiger partial charge in [-0.05, 0) is 43.5 Å². The third-order valence-corrected chi connectivity index (χ3v) is 5.04. The zero-order valence-corrected chi connectivity index (χ0v) is 13.3. The summed E-state index contributed by atoms with van der Waals surface area (Å²) in [5.41, 5.74) is 6.72. The average Bonchev–Trinajstić information content (AvgIpc) is 2.45. The summed E-state index contributed by atoms with van der Waals surface area (Å²) >= 11 is 0. The Morgan fingerprint density at radius 1 is 1.43 bits per heavy atom. The van der Waals surface area contributed by atoms with Crippen molar-refractivity contribution in [1.29, 1.82) is 0 Å². The molecular weight excluding hydrogens is 288 g/mol. The molecule has 118 valence electrons. The summed E-state index contributed by atoms with van der Waals surface area (Å²) in [5.74, 6) is 1.09. The molecule has 0 amide bonds. The summed E-state index contributed by atoms with van der Waals surface area (Å²) in [6, 6.07) is 7.93. The molecule has 1 aliphatic rings. The van der Waals surface area contributed by atoms with E-state index < -0.39 is 10.0 Å². The summed E-state index contributed by atoms with van der Waals surface area (Å²) in [7, 11) is -3.09. The largest absolute Gasteiger partial charge is 0.493 e. The van der Waals surface area contributed by atoms with Crippen molar-refractivity contribution in [2.45, 2.75) is 19.3 Å². The van der Waals surface area contributed by atoms with E-state index in [2.05, 4.69) is 0 Å². The monoisotopic (exact) mass is 312 g/mol. The van der Waals surface area contributed by atoms with Crippen LogP contribution in [0, 0.1) is 5.92 Å². The lowest BCUT2D eigenvalue weighted by Crippen LogP contribution is -2.40. The number of hydrogen-bond donors (Lipinski definition) is 1. The highest BCUT2D eigenvalue weighted by atomic mass is 32.2. The van der Waals surface area contributed by atoms with E-state index in [1.807, 2.05) is 24.3 Å². The first kappa shape index (κ1) is 16.3. The Labute approximate surface area is 127 Å². The molecule has 0 aliphatic carbocycles. The van der Waals surface area contributed by atoms with Crippen LogP contribution >= 0.6 is 0 Å². The van der Waals surface area contributed by atoms with Crippen LogP contribution in [0.4, 0.5) is 0 Å². The molecule has 0 saturated carbocycles. The number of hydrogen-bond acceptors (Lipinski definition) is 4. The van der Waals surface area contributed by atoms with Crippen LogP contribution in [0.25, 0.3) is 0 Å². The number of piperidine rings is 1. The number of ether oxygens (including phenoxy) is 1. The van der Waals surface area contributed by atoms with Gasteiger partial charge in [-0.1, -0.05) is 12.1 Å². The van der Waals surface area contributed by atoms with Gasteiger partial charge in [0.15, 0.2) is 0 Å². The van der Waals surface area contributed by atoms with E-state index in [1.165, 1.54) is 6.26 Å². The summed E-state index contributed by atoms with van der Waals surface area (Å²) in [5, 5.41) is 0. The van der Waals surface area contributed by atoms with Crippen LogP contribution < -0.4 is 10.5 Å². The van der Waals surface area contributed by atoms with Crippen LogP contribution in [0.5, 0.6) is 5.75 Å². The molecule has 6 heteroatoms. The number of nitrogens with two attached hydrogens (primary N) is 1. The maximum atomic E-state index is 11.6. The van der Waals surface area contributed by atoms with Gasteiger partial charge in [0.1, 0.15) is 5.75 Å². The number of benzene rings is 1. The molecule has 2 rings (SSSR count). The van der Waals surface area contributed by atoms with Crippen LogP contribution in [0.1, 0.15) is 18.4 Å².